The summed E-state index contributed by atoms with van der Waals surface area (Å²) in [6.07, 6.45) is 2.25. The molecule has 0 aliphatic carbocycles. The van der Waals surface area contributed by atoms with Crippen LogP contribution in [0.2, 0.25) is 0 Å². The first-order valence-electron chi connectivity index (χ1n) is 5.52. The van der Waals surface area contributed by atoms with Crippen LogP contribution in [-0.2, 0) is 14.3 Å². The van der Waals surface area contributed by atoms with Crippen molar-refractivity contribution in [3.8, 4) is 0 Å². The molecule has 0 aromatic carbocycles. The third-order valence-electron chi connectivity index (χ3n) is 2.77. The first-order chi connectivity index (χ1) is 7.13. The van der Waals surface area contributed by atoms with Crippen molar-refractivity contribution in [2.45, 2.75) is 26.7 Å². The summed E-state index contributed by atoms with van der Waals surface area (Å²) >= 11 is 0. The standard InChI is InChI=1S/C7H11NO.C4H8O2/c9-7-5-8-3-1-6(7)2-4-8;1-3-6-4(2)5/h6H,1-5H2;3H2,1-2H3. The number of fused-ring (bicyclic) bond motifs is 3. The highest BCUT2D eigenvalue weighted by Gasteiger charge is 2.31. The zero-order valence-electron chi connectivity index (χ0n) is 9.49. The first kappa shape index (κ1) is 12.2. The Hall–Kier alpha value is -0.900. The highest BCUT2D eigenvalue weighted by atomic mass is 16.5. The molecular weight excluding hydrogens is 194 g/mol. The van der Waals surface area contributed by atoms with Crippen LogP contribution in [0, 0.1) is 5.92 Å². The summed E-state index contributed by atoms with van der Waals surface area (Å²) in [7, 11) is 0. The van der Waals surface area contributed by atoms with Gasteiger partial charge in [-0.05, 0) is 32.9 Å². The number of carbonyl (C=O) groups excluding carboxylic acids is 2. The van der Waals surface area contributed by atoms with E-state index in [1.165, 1.54) is 6.92 Å². The van der Waals surface area contributed by atoms with Gasteiger partial charge in [0.2, 0.25) is 0 Å². The molecule has 4 nitrogen and oxygen atoms in total. The molecule has 0 radical (unpaired) electrons. The maximum absolute atomic E-state index is 11.0. The Labute approximate surface area is 90.6 Å². The van der Waals surface area contributed by atoms with Crippen LogP contribution in [0.15, 0.2) is 0 Å². The highest BCUT2D eigenvalue weighted by molar-refractivity contribution is 5.84. The second kappa shape index (κ2) is 5.85. The number of Topliss-reactive ketones (excluding diaryl/α,β-unsaturated/α-hetero) is 1. The molecule has 0 N–H and O–H groups in total. The molecule has 0 aromatic heterocycles. The normalized spacial score (nSPS) is 28.0. The van der Waals surface area contributed by atoms with E-state index in [9.17, 15) is 9.59 Å². The Morgan fingerprint density at radius 3 is 2.20 bits per heavy atom. The average Bonchev–Trinajstić information content (AvgIpc) is 2.19. The van der Waals surface area contributed by atoms with Crippen molar-refractivity contribution in [2.24, 2.45) is 5.92 Å². The summed E-state index contributed by atoms with van der Waals surface area (Å²) in [5.74, 6) is 0.708. The third-order valence-corrected chi connectivity index (χ3v) is 2.77. The average molecular weight is 213 g/mol. The molecule has 0 spiro atoms. The molecule has 2 bridgehead atoms. The van der Waals surface area contributed by atoms with Crippen LogP contribution in [0.5, 0.6) is 0 Å². The summed E-state index contributed by atoms with van der Waals surface area (Å²) in [6.45, 7) is 6.72. The summed E-state index contributed by atoms with van der Waals surface area (Å²) < 4.78 is 4.40. The molecule has 86 valence electrons. The lowest BCUT2D eigenvalue weighted by Gasteiger charge is -2.37. The maximum Gasteiger partial charge on any atom is 0.302 e. The second-order valence-electron chi connectivity index (χ2n) is 3.94. The van der Waals surface area contributed by atoms with Crippen LogP contribution in [-0.4, -0.2) is 42.9 Å². The molecule has 0 saturated carbocycles. The van der Waals surface area contributed by atoms with Gasteiger partial charge < -0.3 is 4.74 Å². The Balaban J connectivity index is 0.000000167. The molecule has 0 aromatic rings. The Kier molecular flexibility index (Phi) is 4.75. The van der Waals surface area contributed by atoms with Crippen molar-refractivity contribution in [1.82, 2.24) is 4.90 Å². The van der Waals surface area contributed by atoms with Crippen LogP contribution in [0.3, 0.4) is 0 Å². The van der Waals surface area contributed by atoms with E-state index >= 15 is 0 Å². The topological polar surface area (TPSA) is 46.6 Å². The summed E-state index contributed by atoms with van der Waals surface area (Å²) in [5.41, 5.74) is 0. The fourth-order valence-electron chi connectivity index (χ4n) is 1.97. The van der Waals surface area contributed by atoms with Crippen LogP contribution in [0.25, 0.3) is 0 Å². The van der Waals surface area contributed by atoms with Gasteiger partial charge in [0, 0.05) is 12.8 Å². The zero-order chi connectivity index (χ0) is 11.3. The van der Waals surface area contributed by atoms with Crippen LogP contribution < -0.4 is 0 Å². The first-order valence-corrected chi connectivity index (χ1v) is 5.52. The van der Waals surface area contributed by atoms with E-state index < -0.39 is 0 Å². The Morgan fingerprint density at radius 1 is 1.47 bits per heavy atom. The van der Waals surface area contributed by atoms with Gasteiger partial charge >= 0.3 is 5.97 Å². The van der Waals surface area contributed by atoms with Gasteiger partial charge in [0.05, 0.1) is 13.2 Å². The minimum atomic E-state index is -0.211. The largest absolute Gasteiger partial charge is 0.466 e. The number of rotatable bonds is 1. The van der Waals surface area contributed by atoms with Gasteiger partial charge in [-0.3, -0.25) is 14.5 Å². The van der Waals surface area contributed by atoms with Crippen molar-refractivity contribution in [2.75, 3.05) is 26.2 Å². The van der Waals surface area contributed by atoms with Crippen LogP contribution in [0.4, 0.5) is 0 Å². The summed E-state index contributed by atoms with van der Waals surface area (Å²) in [6, 6.07) is 0. The predicted molar refractivity (Wildman–Crippen MR) is 56.5 cm³/mol. The smallest absolute Gasteiger partial charge is 0.302 e. The van der Waals surface area contributed by atoms with Gasteiger partial charge in [-0.1, -0.05) is 0 Å². The Bertz CT molecular complexity index is 232. The fraction of sp³-hybridized carbons (Fsp3) is 0.818. The molecule has 3 rings (SSSR count). The molecule has 15 heavy (non-hydrogen) atoms. The molecule has 3 aliphatic rings. The minimum Gasteiger partial charge on any atom is -0.466 e. The lowest BCUT2D eigenvalue weighted by atomic mass is 9.87. The Morgan fingerprint density at radius 2 is 2.07 bits per heavy atom. The maximum atomic E-state index is 11.0. The molecule has 3 aliphatic heterocycles. The number of esters is 1. The van der Waals surface area contributed by atoms with E-state index in [1.807, 2.05) is 0 Å². The van der Waals surface area contributed by atoms with E-state index in [4.69, 9.17) is 0 Å². The second-order valence-corrected chi connectivity index (χ2v) is 3.94. The van der Waals surface area contributed by atoms with E-state index in [0.717, 1.165) is 32.5 Å². The molecule has 3 heterocycles. The van der Waals surface area contributed by atoms with E-state index in [1.54, 1.807) is 6.92 Å². The summed E-state index contributed by atoms with van der Waals surface area (Å²) in [5, 5.41) is 0. The lowest BCUT2D eigenvalue weighted by Crippen LogP contribution is -2.47. The quantitative estimate of drug-likeness (QED) is 0.606. The number of ether oxygens (including phenoxy) is 1. The molecule has 0 amide bonds. The fourth-order valence-corrected chi connectivity index (χ4v) is 1.97. The molecule has 0 unspecified atom stereocenters. The number of piperidine rings is 3. The number of ketones is 1. The number of carbonyl (C=O) groups is 2. The number of hydrogen-bond donors (Lipinski definition) is 0. The van der Waals surface area contributed by atoms with Gasteiger partial charge in [0.15, 0.2) is 0 Å². The van der Waals surface area contributed by atoms with Crippen molar-refractivity contribution in [3.63, 3.8) is 0 Å². The molecular formula is C11H19NO3. The highest BCUT2D eigenvalue weighted by Crippen LogP contribution is 2.23. The SMILES string of the molecule is CCOC(C)=O.O=C1CN2CCC1CC2. The zero-order valence-corrected chi connectivity index (χ0v) is 9.49. The van der Waals surface area contributed by atoms with Crippen molar-refractivity contribution in [1.29, 1.82) is 0 Å². The number of hydrogen-bond acceptors (Lipinski definition) is 4. The van der Waals surface area contributed by atoms with Crippen molar-refractivity contribution >= 4 is 11.8 Å². The van der Waals surface area contributed by atoms with Gasteiger partial charge in [0.1, 0.15) is 5.78 Å². The molecule has 4 heteroatoms. The van der Waals surface area contributed by atoms with Crippen LogP contribution in [0.1, 0.15) is 26.7 Å². The molecule has 3 fully saturated rings. The van der Waals surface area contributed by atoms with Crippen molar-refractivity contribution in [3.05, 3.63) is 0 Å². The van der Waals surface area contributed by atoms with E-state index in [0.29, 0.717) is 18.3 Å². The van der Waals surface area contributed by atoms with Gasteiger partial charge in [-0.25, -0.2) is 0 Å². The lowest BCUT2D eigenvalue weighted by molar-refractivity contribution is -0.140. The third kappa shape index (κ3) is 4.00. The van der Waals surface area contributed by atoms with Crippen LogP contribution >= 0.6 is 0 Å². The minimum absolute atomic E-state index is 0.211. The van der Waals surface area contributed by atoms with Gasteiger partial charge in [0.25, 0.3) is 0 Å². The van der Waals surface area contributed by atoms with Crippen molar-refractivity contribution < 1.29 is 14.3 Å². The predicted octanol–water partition coefficient (Wildman–Crippen LogP) is 0.851. The van der Waals surface area contributed by atoms with E-state index in [-0.39, 0.29) is 5.97 Å². The van der Waals surface area contributed by atoms with Gasteiger partial charge in [-0.2, -0.15) is 0 Å². The van der Waals surface area contributed by atoms with E-state index in [2.05, 4.69) is 9.64 Å². The monoisotopic (exact) mass is 213 g/mol. The van der Waals surface area contributed by atoms with Gasteiger partial charge in [-0.15, -0.1) is 0 Å². The number of nitrogens with zero attached hydrogens (tertiary/aromatic N) is 1. The summed E-state index contributed by atoms with van der Waals surface area (Å²) in [4.78, 5) is 23.1. The molecule has 3 saturated heterocycles. The molecule has 0 atom stereocenters.